The summed E-state index contributed by atoms with van der Waals surface area (Å²) < 4.78 is 3.02. The fourth-order valence-electron chi connectivity index (χ4n) is 3.18. The largest absolute Gasteiger partial charge is 0.304 e. The van der Waals surface area contributed by atoms with Gasteiger partial charge in [0.15, 0.2) is 18.2 Å². The molecule has 0 fully saturated rings. The third kappa shape index (κ3) is 4.08. The van der Waals surface area contributed by atoms with Gasteiger partial charge in [0, 0.05) is 11.8 Å². The molecule has 0 saturated heterocycles. The Balaban J connectivity index is 1.32. The van der Waals surface area contributed by atoms with Gasteiger partial charge in [0.2, 0.25) is 5.82 Å². The Labute approximate surface area is 187 Å². The fourth-order valence-corrected chi connectivity index (χ4v) is 3.18. The standard InChI is InChI=1S/C22H16N10O/c23-13-17-14-24-32(18-9-5-2-6-10-18)21(17)25-22(33)19-11-12-30(27-19)15-31-28-20(26-29-31)16-7-3-1-4-8-16/h1-12,14H,15H2,(H,25,33). The molecule has 5 rings (SSSR count). The van der Waals surface area contributed by atoms with Crippen molar-refractivity contribution in [2.75, 3.05) is 5.32 Å². The van der Waals surface area contributed by atoms with E-state index in [4.69, 9.17) is 0 Å². The first kappa shape index (κ1) is 19.8. The van der Waals surface area contributed by atoms with Crippen molar-refractivity contribution >= 4 is 11.7 Å². The molecule has 1 amide bonds. The molecule has 0 atom stereocenters. The number of tetrazole rings is 1. The van der Waals surface area contributed by atoms with Crippen LogP contribution in [-0.2, 0) is 6.67 Å². The summed E-state index contributed by atoms with van der Waals surface area (Å²) >= 11 is 0. The number of benzene rings is 2. The molecule has 0 saturated carbocycles. The average molecular weight is 436 g/mol. The molecule has 0 aliphatic carbocycles. The molecule has 0 unspecified atom stereocenters. The second-order valence-electron chi connectivity index (χ2n) is 6.95. The normalized spacial score (nSPS) is 10.6. The number of nitrogens with zero attached hydrogens (tertiary/aromatic N) is 9. The predicted octanol–water partition coefficient (Wildman–Crippen LogP) is 2.35. The second kappa shape index (κ2) is 8.56. The SMILES string of the molecule is N#Cc1cnn(-c2ccccc2)c1NC(=O)c1ccn(Cn2nnc(-c3ccccc3)n2)n1. The highest BCUT2D eigenvalue weighted by Crippen LogP contribution is 2.20. The number of aromatic nitrogens is 8. The van der Waals surface area contributed by atoms with Gasteiger partial charge in [0.25, 0.3) is 5.91 Å². The minimum absolute atomic E-state index is 0.170. The van der Waals surface area contributed by atoms with E-state index >= 15 is 0 Å². The summed E-state index contributed by atoms with van der Waals surface area (Å²) in [5, 5.41) is 33.1. The highest BCUT2D eigenvalue weighted by molar-refractivity contribution is 6.03. The van der Waals surface area contributed by atoms with Crippen LogP contribution in [0.25, 0.3) is 17.1 Å². The Morgan fingerprint density at radius 2 is 1.76 bits per heavy atom. The zero-order valence-electron chi connectivity index (χ0n) is 17.1. The molecule has 0 aliphatic heterocycles. The van der Waals surface area contributed by atoms with Crippen LogP contribution in [0.1, 0.15) is 16.1 Å². The van der Waals surface area contributed by atoms with Gasteiger partial charge in [0.05, 0.1) is 11.9 Å². The van der Waals surface area contributed by atoms with Crippen LogP contribution in [0.4, 0.5) is 5.82 Å². The molecule has 0 spiro atoms. The number of para-hydroxylation sites is 1. The quantitative estimate of drug-likeness (QED) is 0.432. The molecular weight excluding hydrogens is 420 g/mol. The van der Waals surface area contributed by atoms with Gasteiger partial charge in [-0.15, -0.1) is 15.0 Å². The topological polar surface area (TPSA) is 132 Å². The smallest absolute Gasteiger partial charge is 0.277 e. The van der Waals surface area contributed by atoms with E-state index in [1.807, 2.05) is 66.7 Å². The number of nitrogens with one attached hydrogen (secondary N) is 1. The van der Waals surface area contributed by atoms with Gasteiger partial charge >= 0.3 is 0 Å². The molecule has 5 aromatic rings. The Morgan fingerprint density at radius 1 is 1.00 bits per heavy atom. The summed E-state index contributed by atoms with van der Waals surface area (Å²) in [6, 6.07) is 22.3. The molecule has 11 nitrogen and oxygen atoms in total. The van der Waals surface area contributed by atoms with Crippen molar-refractivity contribution in [2.24, 2.45) is 0 Å². The third-order valence-electron chi connectivity index (χ3n) is 4.75. The Hall–Kier alpha value is -5.11. The maximum atomic E-state index is 12.8. The molecule has 0 bridgehead atoms. The van der Waals surface area contributed by atoms with Gasteiger partial charge in [0.1, 0.15) is 11.6 Å². The van der Waals surface area contributed by atoms with Gasteiger partial charge < -0.3 is 5.32 Å². The first-order chi connectivity index (χ1) is 16.2. The molecule has 2 aromatic carbocycles. The maximum Gasteiger partial charge on any atom is 0.277 e. The fraction of sp³-hybridized carbons (Fsp3) is 0.0455. The number of anilines is 1. The van der Waals surface area contributed by atoms with Crippen molar-refractivity contribution in [2.45, 2.75) is 6.67 Å². The van der Waals surface area contributed by atoms with E-state index in [1.165, 1.54) is 20.4 Å². The Kier molecular flexibility index (Phi) is 5.14. The zero-order chi connectivity index (χ0) is 22.6. The minimum atomic E-state index is -0.473. The summed E-state index contributed by atoms with van der Waals surface area (Å²) in [7, 11) is 0. The first-order valence-electron chi connectivity index (χ1n) is 9.93. The minimum Gasteiger partial charge on any atom is -0.304 e. The molecule has 160 valence electrons. The van der Waals surface area contributed by atoms with Crippen LogP contribution >= 0.6 is 0 Å². The van der Waals surface area contributed by atoms with E-state index in [0.29, 0.717) is 11.5 Å². The van der Waals surface area contributed by atoms with Crippen LogP contribution in [0.3, 0.4) is 0 Å². The molecule has 3 aromatic heterocycles. The van der Waals surface area contributed by atoms with E-state index in [1.54, 1.807) is 12.3 Å². The molecule has 11 heteroatoms. The van der Waals surface area contributed by atoms with Crippen molar-refractivity contribution in [3.8, 4) is 23.1 Å². The lowest BCUT2D eigenvalue weighted by molar-refractivity contribution is 0.102. The first-order valence-corrected chi connectivity index (χ1v) is 9.93. The van der Waals surface area contributed by atoms with Crippen LogP contribution in [-0.4, -0.2) is 45.7 Å². The van der Waals surface area contributed by atoms with Crippen LogP contribution in [0.15, 0.2) is 79.1 Å². The zero-order valence-corrected chi connectivity index (χ0v) is 17.1. The van der Waals surface area contributed by atoms with Gasteiger partial charge in [-0.25, -0.2) is 9.36 Å². The molecule has 0 aliphatic rings. The van der Waals surface area contributed by atoms with E-state index in [0.717, 1.165) is 5.56 Å². The lowest BCUT2D eigenvalue weighted by Gasteiger charge is -2.08. The maximum absolute atomic E-state index is 12.8. The third-order valence-corrected chi connectivity index (χ3v) is 4.75. The Bertz CT molecular complexity index is 1440. The Morgan fingerprint density at radius 3 is 2.52 bits per heavy atom. The van der Waals surface area contributed by atoms with Gasteiger partial charge in [-0.2, -0.15) is 15.5 Å². The van der Waals surface area contributed by atoms with E-state index in [-0.39, 0.29) is 23.7 Å². The van der Waals surface area contributed by atoms with Crippen molar-refractivity contribution in [3.05, 3.63) is 90.4 Å². The number of rotatable bonds is 6. The lowest BCUT2D eigenvalue weighted by Crippen LogP contribution is -2.18. The van der Waals surface area contributed by atoms with Crippen LogP contribution in [0, 0.1) is 11.3 Å². The molecular formula is C22H16N10O. The second-order valence-corrected chi connectivity index (χ2v) is 6.95. The summed E-state index contributed by atoms with van der Waals surface area (Å²) in [6.07, 6.45) is 3.04. The number of hydrogen-bond donors (Lipinski definition) is 1. The number of carbonyl (C=O) groups is 1. The average Bonchev–Trinajstić information content (AvgIpc) is 3.61. The summed E-state index contributed by atoms with van der Waals surface area (Å²) in [4.78, 5) is 14.2. The van der Waals surface area contributed by atoms with Gasteiger partial charge in [-0.1, -0.05) is 48.5 Å². The molecule has 33 heavy (non-hydrogen) atoms. The summed E-state index contributed by atoms with van der Waals surface area (Å²) in [6.45, 7) is 0.179. The van der Waals surface area contributed by atoms with E-state index in [2.05, 4.69) is 30.9 Å². The summed E-state index contributed by atoms with van der Waals surface area (Å²) in [5.41, 5.74) is 1.98. The number of hydrogen-bond acceptors (Lipinski definition) is 7. The number of carbonyl (C=O) groups excluding carboxylic acids is 1. The number of amides is 1. The lowest BCUT2D eigenvalue weighted by atomic mass is 10.2. The molecule has 1 N–H and O–H groups in total. The van der Waals surface area contributed by atoms with Crippen LogP contribution in [0.2, 0.25) is 0 Å². The van der Waals surface area contributed by atoms with Crippen molar-refractivity contribution < 1.29 is 4.79 Å². The molecule has 0 radical (unpaired) electrons. The van der Waals surface area contributed by atoms with Gasteiger partial charge in [-0.05, 0) is 23.4 Å². The number of nitriles is 1. The summed E-state index contributed by atoms with van der Waals surface area (Å²) in [5.74, 6) is 0.298. The van der Waals surface area contributed by atoms with Crippen molar-refractivity contribution in [1.29, 1.82) is 5.26 Å². The highest BCUT2D eigenvalue weighted by atomic mass is 16.2. The van der Waals surface area contributed by atoms with E-state index < -0.39 is 5.91 Å². The van der Waals surface area contributed by atoms with Crippen LogP contribution in [0.5, 0.6) is 0 Å². The van der Waals surface area contributed by atoms with Crippen LogP contribution < -0.4 is 5.32 Å². The monoisotopic (exact) mass is 436 g/mol. The van der Waals surface area contributed by atoms with Crippen molar-refractivity contribution in [1.82, 2.24) is 39.8 Å². The van der Waals surface area contributed by atoms with Gasteiger partial charge in [-0.3, -0.25) is 4.79 Å². The highest BCUT2D eigenvalue weighted by Gasteiger charge is 2.18. The molecule has 3 heterocycles. The predicted molar refractivity (Wildman–Crippen MR) is 117 cm³/mol. The van der Waals surface area contributed by atoms with Crippen molar-refractivity contribution in [3.63, 3.8) is 0 Å². The van der Waals surface area contributed by atoms with E-state index in [9.17, 15) is 10.1 Å².